The molecule has 0 bridgehead atoms. The van der Waals surface area contributed by atoms with Gasteiger partial charge < -0.3 is 5.32 Å². The third kappa shape index (κ3) is 2.92. The van der Waals surface area contributed by atoms with Gasteiger partial charge in [-0.05, 0) is 37.0 Å². The smallest absolute Gasteiger partial charge is 0.0638 e. The Hall–Kier alpha value is -0.210. The van der Waals surface area contributed by atoms with Gasteiger partial charge in [-0.2, -0.15) is 0 Å². The maximum atomic E-state index is 6.18. The molecule has 2 unspecified atom stereocenters. The number of halogens is 2. The summed E-state index contributed by atoms with van der Waals surface area (Å²) in [5, 5.41) is 4.38. The molecule has 1 fully saturated rings. The Morgan fingerprint density at radius 2 is 2.06 bits per heavy atom. The van der Waals surface area contributed by atoms with Gasteiger partial charge in [-0.1, -0.05) is 47.3 Å². The van der Waals surface area contributed by atoms with Crippen LogP contribution in [-0.4, -0.2) is 6.04 Å². The molecule has 2 rings (SSSR count). The van der Waals surface area contributed by atoms with E-state index in [2.05, 4.69) is 34.2 Å². The highest BCUT2D eigenvalue weighted by Crippen LogP contribution is 2.31. The molecule has 1 saturated carbocycles. The maximum Gasteiger partial charge on any atom is 0.0638 e. The number of hydrogen-bond donors (Lipinski definition) is 1. The molecule has 0 aromatic heterocycles. The Kier molecular flexibility index (Phi) is 4.15. The lowest BCUT2D eigenvalue weighted by Crippen LogP contribution is -2.30. The lowest BCUT2D eigenvalue weighted by Gasteiger charge is -2.30. The van der Waals surface area contributed by atoms with E-state index >= 15 is 0 Å². The van der Waals surface area contributed by atoms with Crippen molar-refractivity contribution >= 4 is 33.2 Å². The Labute approximate surface area is 111 Å². The second kappa shape index (κ2) is 5.42. The van der Waals surface area contributed by atoms with Crippen LogP contribution in [0.25, 0.3) is 0 Å². The third-order valence-corrected chi connectivity index (χ3v) is 4.20. The molecule has 2 atom stereocenters. The summed E-state index contributed by atoms with van der Waals surface area (Å²) in [4.78, 5) is 0. The second-order valence-electron chi connectivity index (χ2n) is 4.64. The van der Waals surface area contributed by atoms with Gasteiger partial charge in [0.05, 0.1) is 10.7 Å². The zero-order valence-corrected chi connectivity index (χ0v) is 11.8. The van der Waals surface area contributed by atoms with E-state index in [0.717, 1.165) is 21.1 Å². The van der Waals surface area contributed by atoms with Gasteiger partial charge in [-0.15, -0.1) is 0 Å². The lowest BCUT2D eigenvalue weighted by molar-refractivity contribution is 0.349. The first-order valence-corrected chi connectivity index (χ1v) is 7.05. The zero-order valence-electron chi connectivity index (χ0n) is 9.47. The van der Waals surface area contributed by atoms with Crippen LogP contribution in [0.4, 0.5) is 5.69 Å². The van der Waals surface area contributed by atoms with E-state index in [9.17, 15) is 0 Å². The lowest BCUT2D eigenvalue weighted by atomic mass is 9.86. The Balaban J connectivity index is 2.10. The second-order valence-corrected chi connectivity index (χ2v) is 5.96. The molecule has 0 saturated heterocycles. The highest BCUT2D eigenvalue weighted by molar-refractivity contribution is 9.10. The molecule has 0 amide bonds. The molecule has 1 aliphatic carbocycles. The molecule has 1 aliphatic rings. The van der Waals surface area contributed by atoms with Crippen molar-refractivity contribution in [3.63, 3.8) is 0 Å². The van der Waals surface area contributed by atoms with Crippen LogP contribution < -0.4 is 5.32 Å². The van der Waals surface area contributed by atoms with E-state index < -0.39 is 0 Å². The first-order chi connectivity index (χ1) is 7.66. The molecule has 1 nitrogen and oxygen atoms in total. The first kappa shape index (κ1) is 12.3. The first-order valence-electron chi connectivity index (χ1n) is 5.88. The summed E-state index contributed by atoms with van der Waals surface area (Å²) in [7, 11) is 0. The number of rotatable bonds is 2. The summed E-state index contributed by atoms with van der Waals surface area (Å²) in [5.74, 6) is 0.740. The Morgan fingerprint density at radius 3 is 2.81 bits per heavy atom. The van der Waals surface area contributed by atoms with Crippen molar-refractivity contribution in [3.05, 3.63) is 27.7 Å². The zero-order chi connectivity index (χ0) is 11.5. The van der Waals surface area contributed by atoms with Gasteiger partial charge >= 0.3 is 0 Å². The molecule has 1 N–H and O–H groups in total. The van der Waals surface area contributed by atoms with Crippen LogP contribution in [0.2, 0.25) is 5.02 Å². The summed E-state index contributed by atoms with van der Waals surface area (Å²) < 4.78 is 1.07. The largest absolute Gasteiger partial charge is 0.381 e. The Morgan fingerprint density at radius 1 is 1.31 bits per heavy atom. The predicted octanol–water partition coefficient (Wildman–Crippen LogP) is 5.09. The number of benzene rings is 1. The molecule has 1 aromatic carbocycles. The Bertz CT molecular complexity index is 367. The number of anilines is 1. The average Bonchev–Trinajstić information content (AvgIpc) is 2.27. The van der Waals surface area contributed by atoms with Gasteiger partial charge in [0.15, 0.2) is 0 Å². The summed E-state index contributed by atoms with van der Waals surface area (Å²) in [6.07, 6.45) is 5.27. The van der Waals surface area contributed by atoms with Crippen LogP contribution in [0, 0.1) is 5.92 Å². The van der Waals surface area contributed by atoms with E-state index in [-0.39, 0.29) is 0 Å². The monoisotopic (exact) mass is 301 g/mol. The van der Waals surface area contributed by atoms with E-state index in [1.807, 2.05) is 12.1 Å². The molecule has 0 radical (unpaired) electrons. The molecule has 88 valence electrons. The van der Waals surface area contributed by atoms with Gasteiger partial charge in [0.2, 0.25) is 0 Å². The minimum Gasteiger partial charge on any atom is -0.381 e. The summed E-state index contributed by atoms with van der Waals surface area (Å²) in [6.45, 7) is 2.32. The molecule has 0 heterocycles. The van der Waals surface area contributed by atoms with Crippen molar-refractivity contribution in [3.8, 4) is 0 Å². The van der Waals surface area contributed by atoms with Crippen molar-refractivity contribution in [1.82, 2.24) is 0 Å². The quantitative estimate of drug-likeness (QED) is 0.802. The third-order valence-electron chi connectivity index (χ3n) is 3.38. The summed E-state index contributed by atoms with van der Waals surface area (Å²) in [6, 6.07) is 6.53. The van der Waals surface area contributed by atoms with Gasteiger partial charge in [-0.3, -0.25) is 0 Å². The summed E-state index contributed by atoms with van der Waals surface area (Å²) in [5.41, 5.74) is 1.05. The maximum absolute atomic E-state index is 6.18. The van der Waals surface area contributed by atoms with E-state index in [1.165, 1.54) is 25.7 Å². The van der Waals surface area contributed by atoms with Crippen LogP contribution in [0.3, 0.4) is 0 Å². The molecule has 0 spiro atoms. The topological polar surface area (TPSA) is 12.0 Å². The minimum absolute atomic E-state index is 0.570. The van der Waals surface area contributed by atoms with E-state index in [0.29, 0.717) is 6.04 Å². The van der Waals surface area contributed by atoms with Gasteiger partial charge in [0.1, 0.15) is 0 Å². The predicted molar refractivity (Wildman–Crippen MR) is 74.2 cm³/mol. The fourth-order valence-electron chi connectivity index (χ4n) is 2.34. The van der Waals surface area contributed by atoms with Crippen LogP contribution in [0.1, 0.15) is 32.6 Å². The van der Waals surface area contributed by atoms with Crippen LogP contribution >= 0.6 is 27.5 Å². The fourth-order valence-corrected chi connectivity index (χ4v) is 2.87. The van der Waals surface area contributed by atoms with Crippen molar-refractivity contribution in [2.75, 3.05) is 5.32 Å². The van der Waals surface area contributed by atoms with Gasteiger partial charge in [0.25, 0.3) is 0 Å². The number of nitrogens with one attached hydrogen (secondary N) is 1. The van der Waals surface area contributed by atoms with E-state index in [1.54, 1.807) is 0 Å². The fraction of sp³-hybridized carbons (Fsp3) is 0.538. The van der Waals surface area contributed by atoms with Crippen LogP contribution in [0.5, 0.6) is 0 Å². The highest BCUT2D eigenvalue weighted by Gasteiger charge is 2.21. The van der Waals surface area contributed by atoms with Crippen molar-refractivity contribution in [2.24, 2.45) is 5.92 Å². The van der Waals surface area contributed by atoms with Crippen LogP contribution in [0.15, 0.2) is 22.7 Å². The van der Waals surface area contributed by atoms with Crippen molar-refractivity contribution in [2.45, 2.75) is 38.6 Å². The van der Waals surface area contributed by atoms with E-state index in [4.69, 9.17) is 11.6 Å². The van der Waals surface area contributed by atoms with Crippen molar-refractivity contribution < 1.29 is 0 Å². The number of hydrogen-bond acceptors (Lipinski definition) is 1. The SMILES string of the molecule is CC1CCCCC1Nc1cc(Br)ccc1Cl. The highest BCUT2D eigenvalue weighted by atomic mass is 79.9. The van der Waals surface area contributed by atoms with Crippen LogP contribution in [-0.2, 0) is 0 Å². The molecular weight excluding hydrogens is 286 g/mol. The standard InChI is InChI=1S/C13H17BrClN/c1-9-4-2-3-5-12(9)16-13-8-10(14)6-7-11(13)15/h6-9,12,16H,2-5H2,1H3. The minimum atomic E-state index is 0.570. The average molecular weight is 303 g/mol. The van der Waals surface area contributed by atoms with Crippen molar-refractivity contribution in [1.29, 1.82) is 0 Å². The van der Waals surface area contributed by atoms with Gasteiger partial charge in [0, 0.05) is 10.5 Å². The molecular formula is C13H17BrClN. The van der Waals surface area contributed by atoms with Gasteiger partial charge in [-0.25, -0.2) is 0 Å². The molecule has 1 aromatic rings. The summed E-state index contributed by atoms with van der Waals surface area (Å²) >= 11 is 9.66. The molecule has 16 heavy (non-hydrogen) atoms. The molecule has 0 aliphatic heterocycles. The molecule has 3 heteroatoms. The normalized spacial score (nSPS) is 25.4.